The number of Topliss-reactive ketones (excluding diaryl/α,β-unsaturated/α-hetero) is 1. The Kier molecular flexibility index (Phi) is 5.37. The zero-order chi connectivity index (χ0) is 19.1. The molecule has 0 spiro atoms. The molecule has 1 aliphatic heterocycles. The molecular formula is C18H19Cl2NO4S. The van der Waals surface area contributed by atoms with E-state index in [2.05, 4.69) is 0 Å². The van der Waals surface area contributed by atoms with Crippen molar-refractivity contribution >= 4 is 38.8 Å². The summed E-state index contributed by atoms with van der Waals surface area (Å²) in [5.41, 5.74) is 2.14. The number of ether oxygens (including phenoxy) is 1. The highest BCUT2D eigenvalue weighted by Gasteiger charge is 2.31. The van der Waals surface area contributed by atoms with Crippen molar-refractivity contribution in [2.45, 2.75) is 26.3 Å². The topological polar surface area (TPSA) is 65.4 Å². The molecule has 1 aromatic carbocycles. The molecule has 1 saturated heterocycles. The Labute approximate surface area is 162 Å². The number of hydrogen-bond donors (Lipinski definition) is 0. The molecule has 1 fully saturated rings. The summed E-state index contributed by atoms with van der Waals surface area (Å²) in [7, 11) is -3.00. The van der Waals surface area contributed by atoms with E-state index in [1.165, 1.54) is 0 Å². The molecule has 5 nitrogen and oxygen atoms in total. The minimum Gasteiger partial charge on any atom is -0.482 e. The van der Waals surface area contributed by atoms with Crippen LogP contribution in [0.4, 0.5) is 0 Å². The first-order chi connectivity index (χ1) is 12.2. The van der Waals surface area contributed by atoms with Crippen molar-refractivity contribution in [1.29, 1.82) is 0 Å². The van der Waals surface area contributed by atoms with E-state index >= 15 is 0 Å². The second-order valence-electron chi connectivity index (χ2n) is 6.47. The maximum absolute atomic E-state index is 12.6. The number of carbonyl (C=O) groups is 1. The summed E-state index contributed by atoms with van der Waals surface area (Å²) in [6.07, 6.45) is 0.568. The molecule has 140 valence electrons. The third-order valence-corrected chi connectivity index (χ3v) is 6.97. The van der Waals surface area contributed by atoms with Gasteiger partial charge in [0.2, 0.25) is 5.78 Å². The lowest BCUT2D eigenvalue weighted by molar-refractivity contribution is 0.0921. The summed E-state index contributed by atoms with van der Waals surface area (Å²) < 4.78 is 31.0. The molecule has 0 bridgehead atoms. The van der Waals surface area contributed by atoms with Gasteiger partial charge in [0.05, 0.1) is 21.6 Å². The van der Waals surface area contributed by atoms with Gasteiger partial charge >= 0.3 is 0 Å². The van der Waals surface area contributed by atoms with Gasteiger partial charge in [-0.05, 0) is 38.5 Å². The number of rotatable bonds is 5. The van der Waals surface area contributed by atoms with Crippen molar-refractivity contribution in [3.05, 3.63) is 51.3 Å². The van der Waals surface area contributed by atoms with Gasteiger partial charge in [-0.3, -0.25) is 4.79 Å². The number of halogens is 2. The van der Waals surface area contributed by atoms with Crippen LogP contribution in [-0.2, 0) is 9.84 Å². The SMILES string of the molecule is Cc1cc(C(=O)COc2c(Cl)cccc2Cl)c(C)n1[C@@H]1CCS(=O)(=O)C1. The van der Waals surface area contributed by atoms with Gasteiger partial charge in [0.25, 0.3) is 0 Å². The van der Waals surface area contributed by atoms with Crippen LogP contribution >= 0.6 is 23.2 Å². The molecule has 3 rings (SSSR count). The summed E-state index contributed by atoms with van der Waals surface area (Å²) in [5, 5.41) is 0.680. The number of hydrogen-bond acceptors (Lipinski definition) is 4. The third-order valence-electron chi connectivity index (χ3n) is 4.62. The van der Waals surface area contributed by atoms with Crippen molar-refractivity contribution in [3.8, 4) is 5.75 Å². The fourth-order valence-corrected chi connectivity index (χ4v) is 5.64. The predicted molar refractivity (Wildman–Crippen MR) is 103 cm³/mol. The lowest BCUT2D eigenvalue weighted by Crippen LogP contribution is -2.16. The van der Waals surface area contributed by atoms with Crippen LogP contribution in [-0.4, -0.2) is 36.9 Å². The quantitative estimate of drug-likeness (QED) is 0.691. The normalized spacial score (nSPS) is 18.8. The highest BCUT2D eigenvalue weighted by Crippen LogP contribution is 2.33. The summed E-state index contributed by atoms with van der Waals surface area (Å²) in [6.45, 7) is 3.50. The van der Waals surface area contributed by atoms with Crippen LogP contribution in [0, 0.1) is 13.8 Å². The molecule has 1 aliphatic rings. The molecule has 0 radical (unpaired) electrons. The van der Waals surface area contributed by atoms with E-state index in [0.717, 1.165) is 11.4 Å². The molecule has 8 heteroatoms. The highest BCUT2D eigenvalue weighted by atomic mass is 35.5. The zero-order valence-electron chi connectivity index (χ0n) is 14.5. The molecule has 26 heavy (non-hydrogen) atoms. The van der Waals surface area contributed by atoms with Gasteiger partial charge in [-0.25, -0.2) is 8.42 Å². The maximum atomic E-state index is 12.6. The number of nitrogens with zero attached hydrogens (tertiary/aromatic N) is 1. The maximum Gasteiger partial charge on any atom is 0.202 e. The first-order valence-electron chi connectivity index (χ1n) is 8.18. The Bertz CT molecular complexity index is 946. The summed E-state index contributed by atoms with van der Waals surface area (Å²) in [6, 6.07) is 6.63. The van der Waals surface area contributed by atoms with Crippen LogP contribution in [0.15, 0.2) is 24.3 Å². The van der Waals surface area contributed by atoms with Crippen LogP contribution in [0.25, 0.3) is 0 Å². The van der Waals surface area contributed by atoms with E-state index < -0.39 is 9.84 Å². The number of benzene rings is 1. The van der Waals surface area contributed by atoms with Crippen molar-refractivity contribution in [1.82, 2.24) is 4.57 Å². The van der Waals surface area contributed by atoms with Gasteiger partial charge in [-0.1, -0.05) is 29.3 Å². The average Bonchev–Trinajstić information content (AvgIpc) is 3.05. The van der Waals surface area contributed by atoms with Crippen LogP contribution < -0.4 is 4.74 Å². The minimum atomic E-state index is -3.00. The van der Waals surface area contributed by atoms with Gasteiger partial charge in [-0.2, -0.15) is 0 Å². The van der Waals surface area contributed by atoms with Gasteiger partial charge in [0.15, 0.2) is 22.2 Å². The monoisotopic (exact) mass is 415 g/mol. The van der Waals surface area contributed by atoms with E-state index in [-0.39, 0.29) is 35.7 Å². The van der Waals surface area contributed by atoms with Gasteiger partial charge in [0, 0.05) is 23.0 Å². The lowest BCUT2D eigenvalue weighted by atomic mass is 10.1. The number of ketones is 1. The Morgan fingerprint density at radius 2 is 1.92 bits per heavy atom. The first kappa shape index (κ1) is 19.3. The molecule has 2 heterocycles. The Morgan fingerprint density at radius 1 is 1.27 bits per heavy atom. The smallest absolute Gasteiger partial charge is 0.202 e. The average molecular weight is 416 g/mol. The van der Waals surface area contributed by atoms with E-state index in [4.69, 9.17) is 27.9 Å². The molecular weight excluding hydrogens is 397 g/mol. The number of aryl methyl sites for hydroxylation is 1. The molecule has 0 saturated carbocycles. The second-order valence-corrected chi connectivity index (χ2v) is 9.52. The minimum absolute atomic E-state index is 0.114. The summed E-state index contributed by atoms with van der Waals surface area (Å²) in [4.78, 5) is 12.6. The zero-order valence-corrected chi connectivity index (χ0v) is 16.8. The highest BCUT2D eigenvalue weighted by molar-refractivity contribution is 7.91. The number of para-hydroxylation sites is 1. The molecule has 0 amide bonds. The molecule has 1 aromatic heterocycles. The fraction of sp³-hybridized carbons (Fsp3) is 0.389. The third kappa shape index (κ3) is 3.77. The Morgan fingerprint density at radius 3 is 2.50 bits per heavy atom. The van der Waals surface area contributed by atoms with E-state index in [1.54, 1.807) is 24.3 Å². The molecule has 0 aliphatic carbocycles. The van der Waals surface area contributed by atoms with Crippen molar-refractivity contribution in [2.24, 2.45) is 0 Å². The summed E-state index contributed by atoms with van der Waals surface area (Å²) in [5.74, 6) is 0.371. The summed E-state index contributed by atoms with van der Waals surface area (Å²) >= 11 is 12.1. The van der Waals surface area contributed by atoms with Gasteiger partial charge < -0.3 is 9.30 Å². The second kappa shape index (κ2) is 7.25. The van der Waals surface area contributed by atoms with E-state index in [1.807, 2.05) is 18.4 Å². The van der Waals surface area contributed by atoms with Crippen LogP contribution in [0.1, 0.15) is 34.2 Å². The Balaban J connectivity index is 1.80. The van der Waals surface area contributed by atoms with Crippen LogP contribution in [0.5, 0.6) is 5.75 Å². The molecule has 0 N–H and O–H groups in total. The van der Waals surface area contributed by atoms with Gasteiger partial charge in [-0.15, -0.1) is 0 Å². The fourth-order valence-electron chi connectivity index (χ4n) is 3.44. The number of carbonyl (C=O) groups excluding carboxylic acids is 1. The number of sulfone groups is 1. The van der Waals surface area contributed by atoms with E-state index in [9.17, 15) is 13.2 Å². The largest absolute Gasteiger partial charge is 0.482 e. The lowest BCUT2D eigenvalue weighted by Gasteiger charge is -2.16. The van der Waals surface area contributed by atoms with Crippen LogP contribution in [0.2, 0.25) is 10.0 Å². The van der Waals surface area contributed by atoms with Crippen molar-refractivity contribution < 1.29 is 17.9 Å². The standard InChI is InChI=1S/C18H19Cl2NO4S/c1-11-8-14(12(2)21(11)13-6-7-26(23,24)10-13)17(22)9-25-18-15(19)4-3-5-16(18)20/h3-5,8,13H,6-7,9-10H2,1-2H3/t13-/m1/s1. The molecule has 1 atom stereocenters. The van der Waals surface area contributed by atoms with E-state index in [0.29, 0.717) is 22.0 Å². The van der Waals surface area contributed by atoms with Crippen molar-refractivity contribution in [3.63, 3.8) is 0 Å². The molecule has 2 aromatic rings. The first-order valence-corrected chi connectivity index (χ1v) is 10.8. The van der Waals surface area contributed by atoms with Crippen molar-refractivity contribution in [2.75, 3.05) is 18.1 Å². The molecule has 0 unspecified atom stereocenters. The predicted octanol–water partition coefficient (Wildman–Crippen LogP) is 4.03. The van der Waals surface area contributed by atoms with Crippen LogP contribution in [0.3, 0.4) is 0 Å². The Hall–Kier alpha value is -1.50. The number of aromatic nitrogens is 1. The van der Waals surface area contributed by atoms with Gasteiger partial charge in [0.1, 0.15) is 0 Å².